The molecule has 6 nitrogen and oxygen atoms in total. The SMILES string of the molecule is COc1cccc(-n2c(=O)c3ccccc3n3c(SCCc4ccccc4)nnc23)c1. The molecule has 0 amide bonds. The van der Waals surface area contributed by atoms with Gasteiger partial charge >= 0.3 is 0 Å². The van der Waals surface area contributed by atoms with E-state index in [1.165, 1.54) is 5.56 Å². The molecular formula is C24H20N4O2S. The fourth-order valence-electron chi connectivity index (χ4n) is 3.66. The van der Waals surface area contributed by atoms with E-state index >= 15 is 0 Å². The molecule has 7 heteroatoms. The maximum absolute atomic E-state index is 13.4. The third-order valence-electron chi connectivity index (χ3n) is 5.17. The van der Waals surface area contributed by atoms with Crippen LogP contribution in [0.25, 0.3) is 22.4 Å². The van der Waals surface area contributed by atoms with Crippen molar-refractivity contribution >= 4 is 28.4 Å². The smallest absolute Gasteiger partial charge is 0.267 e. The second kappa shape index (κ2) is 8.28. The lowest BCUT2D eigenvalue weighted by molar-refractivity contribution is 0.414. The molecule has 0 bridgehead atoms. The molecule has 0 aliphatic carbocycles. The second-order valence-corrected chi connectivity index (χ2v) is 8.12. The average molecular weight is 429 g/mol. The van der Waals surface area contributed by atoms with Crippen molar-refractivity contribution in [3.05, 3.63) is 94.8 Å². The number of ether oxygens (including phenoxy) is 1. The van der Waals surface area contributed by atoms with Gasteiger partial charge in [-0.05, 0) is 36.2 Å². The first kappa shape index (κ1) is 19.4. The number of aromatic nitrogens is 4. The van der Waals surface area contributed by atoms with E-state index < -0.39 is 0 Å². The molecule has 0 unspecified atom stereocenters. The predicted octanol–water partition coefficient (Wildman–Crippen LogP) is 4.38. The summed E-state index contributed by atoms with van der Waals surface area (Å²) in [6.45, 7) is 0. The Morgan fingerprint density at radius 2 is 1.74 bits per heavy atom. The Kier molecular flexibility index (Phi) is 5.18. The first-order valence-electron chi connectivity index (χ1n) is 9.96. The number of fused-ring (bicyclic) bond motifs is 3. The molecular weight excluding hydrogens is 408 g/mol. The Labute approximate surface area is 183 Å². The number of hydrogen-bond donors (Lipinski definition) is 0. The Bertz CT molecular complexity index is 1430. The van der Waals surface area contributed by atoms with Crippen LogP contribution in [0.4, 0.5) is 0 Å². The molecule has 0 atom stereocenters. The van der Waals surface area contributed by atoms with Crippen LogP contribution in [0.3, 0.4) is 0 Å². The monoisotopic (exact) mass is 428 g/mol. The van der Waals surface area contributed by atoms with Crippen LogP contribution in [-0.4, -0.2) is 32.0 Å². The van der Waals surface area contributed by atoms with Gasteiger partial charge in [-0.25, -0.2) is 4.57 Å². The van der Waals surface area contributed by atoms with Crippen LogP contribution in [0, 0.1) is 0 Å². The zero-order chi connectivity index (χ0) is 21.2. The van der Waals surface area contributed by atoms with Crippen molar-refractivity contribution in [2.75, 3.05) is 12.9 Å². The molecule has 0 N–H and O–H groups in total. The minimum Gasteiger partial charge on any atom is -0.497 e. The fourth-order valence-corrected chi connectivity index (χ4v) is 4.59. The number of rotatable bonds is 6. The number of aryl methyl sites for hydroxylation is 1. The van der Waals surface area contributed by atoms with Crippen molar-refractivity contribution in [3.8, 4) is 11.4 Å². The first-order chi connectivity index (χ1) is 15.3. The quantitative estimate of drug-likeness (QED) is 0.376. The van der Waals surface area contributed by atoms with Gasteiger partial charge in [0.1, 0.15) is 5.75 Å². The summed E-state index contributed by atoms with van der Waals surface area (Å²) in [6.07, 6.45) is 0.924. The number of para-hydroxylation sites is 1. The van der Waals surface area contributed by atoms with E-state index in [4.69, 9.17) is 4.74 Å². The van der Waals surface area contributed by atoms with Gasteiger partial charge in [-0.15, -0.1) is 10.2 Å². The van der Waals surface area contributed by atoms with E-state index in [0.29, 0.717) is 22.6 Å². The van der Waals surface area contributed by atoms with Crippen LogP contribution < -0.4 is 10.3 Å². The summed E-state index contributed by atoms with van der Waals surface area (Å²) in [5.74, 6) is 2.02. The van der Waals surface area contributed by atoms with Crippen molar-refractivity contribution in [2.24, 2.45) is 0 Å². The summed E-state index contributed by atoms with van der Waals surface area (Å²) in [6, 6.07) is 25.3. The minimum atomic E-state index is -0.135. The fraction of sp³-hybridized carbons (Fsp3) is 0.125. The van der Waals surface area contributed by atoms with Crippen LogP contribution in [0.2, 0.25) is 0 Å². The number of thioether (sulfide) groups is 1. The molecule has 2 aromatic heterocycles. The lowest BCUT2D eigenvalue weighted by atomic mass is 10.2. The van der Waals surface area contributed by atoms with E-state index in [0.717, 1.165) is 22.8 Å². The van der Waals surface area contributed by atoms with E-state index in [1.54, 1.807) is 23.4 Å². The van der Waals surface area contributed by atoms with Gasteiger partial charge in [0.25, 0.3) is 5.56 Å². The highest BCUT2D eigenvalue weighted by Gasteiger charge is 2.18. The standard InChI is InChI=1S/C24H20N4O2S/c1-30-19-11-7-10-18(16-19)27-22(29)20-12-5-6-13-21(20)28-23(27)25-26-24(28)31-15-14-17-8-3-2-4-9-17/h2-13,16H,14-15H2,1H3. The molecule has 5 aromatic rings. The number of hydrogen-bond acceptors (Lipinski definition) is 5. The summed E-state index contributed by atoms with van der Waals surface area (Å²) in [7, 11) is 1.61. The van der Waals surface area contributed by atoms with Crippen LogP contribution in [0.1, 0.15) is 5.56 Å². The average Bonchev–Trinajstić information content (AvgIpc) is 3.24. The molecule has 0 saturated heterocycles. The summed E-state index contributed by atoms with van der Waals surface area (Å²) in [5.41, 5.74) is 2.63. The minimum absolute atomic E-state index is 0.135. The number of nitrogens with zero attached hydrogens (tertiary/aromatic N) is 4. The van der Waals surface area contributed by atoms with Crippen LogP contribution in [0.15, 0.2) is 88.8 Å². The lowest BCUT2D eigenvalue weighted by Gasteiger charge is -2.12. The molecule has 0 radical (unpaired) electrons. The number of benzene rings is 3. The van der Waals surface area contributed by atoms with E-state index in [2.05, 4.69) is 22.3 Å². The maximum atomic E-state index is 13.4. The summed E-state index contributed by atoms with van der Waals surface area (Å²) < 4.78 is 8.91. The molecule has 31 heavy (non-hydrogen) atoms. The van der Waals surface area contributed by atoms with Crippen molar-refractivity contribution in [2.45, 2.75) is 11.6 Å². The van der Waals surface area contributed by atoms with Crippen LogP contribution in [-0.2, 0) is 6.42 Å². The highest BCUT2D eigenvalue weighted by Crippen LogP contribution is 2.25. The summed E-state index contributed by atoms with van der Waals surface area (Å²) in [5, 5.41) is 10.2. The molecule has 0 aliphatic heterocycles. The zero-order valence-corrected chi connectivity index (χ0v) is 17.7. The van der Waals surface area contributed by atoms with Crippen molar-refractivity contribution in [1.29, 1.82) is 0 Å². The van der Waals surface area contributed by atoms with Gasteiger partial charge in [-0.1, -0.05) is 60.3 Å². The van der Waals surface area contributed by atoms with Gasteiger partial charge in [0.2, 0.25) is 5.78 Å². The van der Waals surface area contributed by atoms with Crippen molar-refractivity contribution in [3.63, 3.8) is 0 Å². The highest BCUT2D eigenvalue weighted by atomic mass is 32.2. The van der Waals surface area contributed by atoms with Gasteiger partial charge in [0.05, 0.1) is 23.7 Å². The Balaban J connectivity index is 1.64. The second-order valence-electron chi connectivity index (χ2n) is 7.06. The molecule has 2 heterocycles. The molecule has 5 rings (SSSR count). The normalized spacial score (nSPS) is 11.3. The van der Waals surface area contributed by atoms with Gasteiger partial charge in [0.15, 0.2) is 5.16 Å². The summed E-state index contributed by atoms with van der Waals surface area (Å²) in [4.78, 5) is 13.4. The van der Waals surface area contributed by atoms with Crippen molar-refractivity contribution < 1.29 is 4.74 Å². The zero-order valence-electron chi connectivity index (χ0n) is 16.9. The molecule has 0 fully saturated rings. The first-order valence-corrected chi connectivity index (χ1v) is 10.9. The topological polar surface area (TPSA) is 61.4 Å². The van der Waals surface area contributed by atoms with Crippen LogP contribution in [0.5, 0.6) is 5.75 Å². The van der Waals surface area contributed by atoms with Crippen LogP contribution >= 0.6 is 11.8 Å². The third-order valence-corrected chi connectivity index (χ3v) is 6.10. The Hall–Kier alpha value is -3.58. The third kappa shape index (κ3) is 3.57. The lowest BCUT2D eigenvalue weighted by Crippen LogP contribution is -2.21. The van der Waals surface area contributed by atoms with E-state index in [1.807, 2.05) is 71.1 Å². The van der Waals surface area contributed by atoms with Crippen molar-refractivity contribution in [1.82, 2.24) is 19.2 Å². The molecule has 0 aliphatic rings. The highest BCUT2D eigenvalue weighted by molar-refractivity contribution is 7.99. The molecule has 3 aromatic carbocycles. The maximum Gasteiger partial charge on any atom is 0.267 e. The molecule has 154 valence electrons. The summed E-state index contributed by atoms with van der Waals surface area (Å²) >= 11 is 1.63. The Morgan fingerprint density at radius 1 is 0.935 bits per heavy atom. The predicted molar refractivity (Wildman–Crippen MR) is 124 cm³/mol. The van der Waals surface area contributed by atoms with E-state index in [9.17, 15) is 4.79 Å². The Morgan fingerprint density at radius 3 is 2.58 bits per heavy atom. The number of methoxy groups -OCH3 is 1. The van der Waals surface area contributed by atoms with Gasteiger partial charge in [-0.2, -0.15) is 0 Å². The largest absolute Gasteiger partial charge is 0.497 e. The van der Waals surface area contributed by atoms with Gasteiger partial charge < -0.3 is 4.74 Å². The van der Waals surface area contributed by atoms with Gasteiger partial charge in [0, 0.05) is 11.8 Å². The van der Waals surface area contributed by atoms with E-state index in [-0.39, 0.29) is 5.56 Å². The van der Waals surface area contributed by atoms with Gasteiger partial charge in [-0.3, -0.25) is 9.20 Å². The molecule has 0 saturated carbocycles. The molecule has 0 spiro atoms.